The molecule has 2 aliphatic carbocycles. The summed E-state index contributed by atoms with van der Waals surface area (Å²) in [4.78, 5) is 18.3. The summed E-state index contributed by atoms with van der Waals surface area (Å²) in [7, 11) is 1.56. The fraction of sp³-hybridized carbons (Fsp3) is 0.316. The topological polar surface area (TPSA) is 31.2 Å². The lowest BCUT2D eigenvalue weighted by molar-refractivity contribution is 0.149. The Kier molecular flexibility index (Phi) is 3.88. The van der Waals surface area contributed by atoms with Crippen LogP contribution in [0.15, 0.2) is 41.2 Å². The molecule has 3 rings (SSSR count). The van der Waals surface area contributed by atoms with Crippen molar-refractivity contribution in [2.75, 3.05) is 7.11 Å². The van der Waals surface area contributed by atoms with Crippen molar-refractivity contribution in [2.45, 2.75) is 33.1 Å². The van der Waals surface area contributed by atoms with Gasteiger partial charge in [0.15, 0.2) is 0 Å². The maximum absolute atomic E-state index is 12.9. The number of aromatic nitrogens is 1. The Morgan fingerprint density at radius 1 is 1.18 bits per heavy atom. The molecule has 0 N–H and O–H groups in total. The summed E-state index contributed by atoms with van der Waals surface area (Å²) in [5, 5.41) is 1.80. The van der Waals surface area contributed by atoms with Gasteiger partial charge < -0.3 is 4.84 Å². The molecule has 3 heteroatoms. The van der Waals surface area contributed by atoms with Crippen LogP contribution in [0.2, 0.25) is 0 Å². The molecule has 0 spiro atoms. The van der Waals surface area contributed by atoms with Gasteiger partial charge in [-0.05, 0) is 47.9 Å². The highest BCUT2D eigenvalue weighted by atomic mass is 16.6. The van der Waals surface area contributed by atoms with Crippen molar-refractivity contribution in [3.05, 3.63) is 58.0 Å². The minimum absolute atomic E-state index is 0.0598. The van der Waals surface area contributed by atoms with Crippen LogP contribution in [0.25, 0.3) is 21.9 Å². The van der Waals surface area contributed by atoms with E-state index in [0.717, 1.165) is 52.4 Å². The molecule has 0 saturated carbocycles. The maximum atomic E-state index is 12.9. The first-order valence-corrected chi connectivity index (χ1v) is 7.79. The Morgan fingerprint density at radius 2 is 1.95 bits per heavy atom. The predicted octanol–water partition coefficient (Wildman–Crippen LogP) is 3.82. The van der Waals surface area contributed by atoms with E-state index in [1.54, 1.807) is 7.11 Å². The Morgan fingerprint density at radius 3 is 2.68 bits per heavy atom. The molecular weight excluding hydrogens is 274 g/mol. The van der Waals surface area contributed by atoms with Crippen LogP contribution in [0.4, 0.5) is 0 Å². The summed E-state index contributed by atoms with van der Waals surface area (Å²) in [6, 6.07) is 12.1. The van der Waals surface area contributed by atoms with E-state index >= 15 is 0 Å². The minimum atomic E-state index is -0.0598. The number of fused-ring (bicyclic) bond motifs is 3. The fourth-order valence-electron chi connectivity index (χ4n) is 3.17. The number of pyridine rings is 1. The van der Waals surface area contributed by atoms with E-state index in [0.29, 0.717) is 0 Å². The molecule has 3 nitrogen and oxygen atoms in total. The van der Waals surface area contributed by atoms with Gasteiger partial charge in [0.05, 0.1) is 11.1 Å². The molecule has 2 aliphatic rings. The lowest BCUT2D eigenvalue weighted by Crippen LogP contribution is -2.29. The van der Waals surface area contributed by atoms with Crippen LogP contribution in [0.1, 0.15) is 31.0 Å². The molecule has 0 aliphatic heterocycles. The lowest BCUT2D eigenvalue weighted by atomic mass is 10.0. The Labute approximate surface area is 130 Å². The van der Waals surface area contributed by atoms with Gasteiger partial charge in [0.25, 0.3) is 5.56 Å². The van der Waals surface area contributed by atoms with Crippen molar-refractivity contribution >= 4 is 10.8 Å². The molecule has 114 valence electrons. The second-order valence-electron chi connectivity index (χ2n) is 5.67. The molecule has 0 aromatic carbocycles. The molecule has 22 heavy (non-hydrogen) atoms. The monoisotopic (exact) mass is 295 g/mol. The highest BCUT2D eigenvalue weighted by molar-refractivity contribution is 6.03. The lowest BCUT2D eigenvalue weighted by Gasteiger charge is -2.14. The Balaban J connectivity index is 2.41. The molecule has 1 heterocycles. The smallest absolute Gasteiger partial charge is 0.291 e. The van der Waals surface area contributed by atoms with E-state index < -0.39 is 0 Å². The molecular formula is C19H21NO2. The summed E-state index contributed by atoms with van der Waals surface area (Å²) < 4.78 is 1.47. The van der Waals surface area contributed by atoms with Gasteiger partial charge in [-0.25, -0.2) is 0 Å². The van der Waals surface area contributed by atoms with Crippen molar-refractivity contribution in [3.63, 3.8) is 0 Å². The normalized spacial score (nSPS) is 11.2. The molecule has 0 bridgehead atoms. The number of hydrogen-bond donors (Lipinski definition) is 0. The second kappa shape index (κ2) is 5.84. The van der Waals surface area contributed by atoms with Gasteiger partial charge >= 0.3 is 0 Å². The summed E-state index contributed by atoms with van der Waals surface area (Å²) in [5.74, 6) is 0. The average Bonchev–Trinajstić information content (AvgIpc) is 2.73. The number of aryl methyl sites for hydroxylation is 1. The average molecular weight is 295 g/mol. The van der Waals surface area contributed by atoms with Gasteiger partial charge in [-0.3, -0.25) is 4.79 Å². The summed E-state index contributed by atoms with van der Waals surface area (Å²) in [6.07, 6.45) is 3.00. The standard InChI is InChI=1S/C19H21NO2/c1-4-5-11-17-13(2)16-12-14-9-7-6-8-10-15(14)18(16)19(21)20(17)22-3/h6-10,12H,4-5,11H2,1-3H3. The molecule has 0 amide bonds. The van der Waals surface area contributed by atoms with Crippen LogP contribution >= 0.6 is 0 Å². The fourth-order valence-corrected chi connectivity index (χ4v) is 3.17. The Hall–Kier alpha value is -2.29. The zero-order valence-corrected chi connectivity index (χ0v) is 13.3. The second-order valence-corrected chi connectivity index (χ2v) is 5.67. The quantitative estimate of drug-likeness (QED) is 0.733. The molecule has 0 unspecified atom stereocenters. The first-order valence-electron chi connectivity index (χ1n) is 7.79. The van der Waals surface area contributed by atoms with Crippen molar-refractivity contribution in [1.82, 2.24) is 4.73 Å². The van der Waals surface area contributed by atoms with Gasteiger partial charge in [-0.1, -0.05) is 43.7 Å². The van der Waals surface area contributed by atoms with Crippen LogP contribution in [0.5, 0.6) is 0 Å². The molecule has 0 fully saturated rings. The third kappa shape index (κ3) is 2.17. The minimum Gasteiger partial charge on any atom is -0.414 e. The predicted molar refractivity (Wildman–Crippen MR) is 90.7 cm³/mol. The molecule has 1 aromatic heterocycles. The zero-order valence-electron chi connectivity index (χ0n) is 13.3. The van der Waals surface area contributed by atoms with E-state index in [1.807, 2.05) is 24.3 Å². The summed E-state index contributed by atoms with van der Waals surface area (Å²) in [6.45, 7) is 4.24. The van der Waals surface area contributed by atoms with Crippen LogP contribution < -0.4 is 10.4 Å². The van der Waals surface area contributed by atoms with E-state index in [4.69, 9.17) is 4.84 Å². The highest BCUT2D eigenvalue weighted by Gasteiger charge is 2.19. The largest absolute Gasteiger partial charge is 0.414 e. The van der Waals surface area contributed by atoms with Crippen molar-refractivity contribution in [3.8, 4) is 11.1 Å². The van der Waals surface area contributed by atoms with Gasteiger partial charge in [0.2, 0.25) is 0 Å². The van der Waals surface area contributed by atoms with E-state index in [1.165, 1.54) is 4.73 Å². The van der Waals surface area contributed by atoms with Crippen LogP contribution in [0.3, 0.4) is 0 Å². The molecule has 0 atom stereocenters. The van der Waals surface area contributed by atoms with E-state index in [2.05, 4.69) is 26.0 Å². The van der Waals surface area contributed by atoms with Gasteiger partial charge in [0.1, 0.15) is 7.11 Å². The van der Waals surface area contributed by atoms with Crippen LogP contribution in [-0.2, 0) is 6.42 Å². The number of rotatable bonds is 4. The van der Waals surface area contributed by atoms with Crippen LogP contribution in [-0.4, -0.2) is 11.8 Å². The number of hydrogen-bond acceptors (Lipinski definition) is 2. The Bertz CT molecular complexity index is 848. The third-order valence-corrected chi connectivity index (χ3v) is 4.34. The van der Waals surface area contributed by atoms with Gasteiger partial charge in [-0.2, -0.15) is 0 Å². The zero-order chi connectivity index (χ0) is 15.7. The summed E-state index contributed by atoms with van der Waals surface area (Å²) in [5.41, 5.74) is 4.15. The molecule has 1 aromatic rings. The summed E-state index contributed by atoms with van der Waals surface area (Å²) >= 11 is 0. The van der Waals surface area contributed by atoms with Crippen molar-refractivity contribution < 1.29 is 4.84 Å². The number of nitrogens with zero attached hydrogens (tertiary/aromatic N) is 1. The third-order valence-electron chi connectivity index (χ3n) is 4.34. The van der Waals surface area contributed by atoms with Crippen molar-refractivity contribution in [2.24, 2.45) is 0 Å². The van der Waals surface area contributed by atoms with Crippen molar-refractivity contribution in [1.29, 1.82) is 0 Å². The molecule has 0 radical (unpaired) electrons. The van der Waals surface area contributed by atoms with Crippen LogP contribution in [0, 0.1) is 6.92 Å². The van der Waals surface area contributed by atoms with Gasteiger partial charge in [0, 0.05) is 0 Å². The molecule has 0 saturated heterocycles. The number of unbranched alkanes of at least 4 members (excludes halogenated alkanes) is 1. The first kappa shape index (κ1) is 14.6. The SMILES string of the molecule is CCCCc1c(C)c2cc3cccccc-3c2c(=O)n1OC. The van der Waals surface area contributed by atoms with E-state index in [-0.39, 0.29) is 5.56 Å². The first-order chi connectivity index (χ1) is 10.7. The van der Waals surface area contributed by atoms with Gasteiger partial charge in [-0.15, -0.1) is 4.73 Å². The van der Waals surface area contributed by atoms with E-state index in [9.17, 15) is 4.79 Å². The maximum Gasteiger partial charge on any atom is 0.291 e. The highest BCUT2D eigenvalue weighted by Crippen LogP contribution is 2.34.